The van der Waals surface area contributed by atoms with Gasteiger partial charge in [0, 0.05) is 14.6 Å². The Morgan fingerprint density at radius 1 is 0.897 bits per heavy atom. The van der Waals surface area contributed by atoms with Gasteiger partial charge in [-0.15, -0.1) is 0 Å². The lowest BCUT2D eigenvalue weighted by Gasteiger charge is -2.12. The van der Waals surface area contributed by atoms with Crippen molar-refractivity contribution in [2.75, 3.05) is 5.32 Å². The Morgan fingerprint density at radius 3 is 2.21 bits per heavy atom. The fourth-order valence-electron chi connectivity index (χ4n) is 2.80. The quantitative estimate of drug-likeness (QED) is 0.194. The zero-order valence-corrected chi connectivity index (χ0v) is 18.1. The highest BCUT2D eigenvalue weighted by molar-refractivity contribution is 9.10. The van der Waals surface area contributed by atoms with Crippen LogP contribution in [0.3, 0.4) is 0 Å². The van der Waals surface area contributed by atoms with Crippen molar-refractivity contribution in [3.63, 3.8) is 0 Å². The number of hydrogen-bond donors (Lipinski definition) is 2. The van der Waals surface area contributed by atoms with Gasteiger partial charge in [-0.1, -0.05) is 44.0 Å². The van der Waals surface area contributed by atoms with Gasteiger partial charge in [-0.25, -0.2) is 9.79 Å². The van der Waals surface area contributed by atoms with E-state index >= 15 is 0 Å². The lowest BCUT2D eigenvalue weighted by molar-refractivity contribution is 0.466. The maximum Gasteiger partial charge on any atom is 0.351 e. The summed E-state index contributed by atoms with van der Waals surface area (Å²) in [4.78, 5) is 17.3. The van der Waals surface area contributed by atoms with Crippen LogP contribution in [0.25, 0.3) is 11.0 Å². The summed E-state index contributed by atoms with van der Waals surface area (Å²) in [5, 5.41) is 14.4. The molecule has 0 aliphatic heterocycles. The molecule has 144 valence electrons. The molecule has 0 aliphatic rings. The topological polar surface area (TPSA) is 74.8 Å². The smallest absolute Gasteiger partial charge is 0.351 e. The van der Waals surface area contributed by atoms with Gasteiger partial charge in [0.2, 0.25) is 0 Å². The normalized spacial score (nSPS) is 11.6. The Labute approximate surface area is 183 Å². The Hall–Kier alpha value is -2.90. The first-order chi connectivity index (χ1) is 14.0. The number of halogens is 2. The second-order valence-corrected chi connectivity index (χ2v) is 8.01. The number of aromatic hydroxyl groups is 1. The van der Waals surface area contributed by atoms with Crippen LogP contribution in [0.2, 0.25) is 0 Å². The molecule has 4 aromatic rings. The highest BCUT2D eigenvalue weighted by Gasteiger charge is 2.20. The minimum absolute atomic E-state index is 0.0328. The maximum atomic E-state index is 12.7. The molecular formula is C22H14Br2N2O3. The van der Waals surface area contributed by atoms with Crippen LogP contribution in [0, 0.1) is 0 Å². The van der Waals surface area contributed by atoms with Gasteiger partial charge in [0.15, 0.2) is 0 Å². The van der Waals surface area contributed by atoms with E-state index in [1.165, 1.54) is 0 Å². The molecule has 2 N–H and O–H groups in total. The average Bonchev–Trinajstić information content (AvgIpc) is 2.71. The summed E-state index contributed by atoms with van der Waals surface area (Å²) in [6.07, 6.45) is 0. The predicted octanol–water partition coefficient (Wildman–Crippen LogP) is 6.21. The molecule has 0 aliphatic carbocycles. The van der Waals surface area contributed by atoms with Crippen molar-refractivity contribution >= 4 is 60.0 Å². The SMILES string of the molecule is O=c1oc2ccccc2c(O)c1C(=Nc1ccc(Br)cc1)Nc1ccc(Br)cc1. The number of fused-ring (bicyclic) bond motifs is 1. The fraction of sp³-hybridized carbons (Fsp3) is 0. The van der Waals surface area contributed by atoms with Gasteiger partial charge in [-0.2, -0.15) is 0 Å². The molecule has 4 rings (SSSR count). The molecule has 1 heterocycles. The van der Waals surface area contributed by atoms with Crippen molar-refractivity contribution in [2.45, 2.75) is 0 Å². The first kappa shape index (κ1) is 19.4. The maximum absolute atomic E-state index is 12.7. The Balaban J connectivity index is 1.90. The van der Waals surface area contributed by atoms with Crippen LogP contribution in [0.1, 0.15) is 5.56 Å². The molecular weight excluding hydrogens is 500 g/mol. The minimum Gasteiger partial charge on any atom is -0.506 e. The molecule has 0 atom stereocenters. The van der Waals surface area contributed by atoms with E-state index in [-0.39, 0.29) is 17.1 Å². The number of anilines is 1. The third-order valence-electron chi connectivity index (χ3n) is 4.20. The first-order valence-corrected chi connectivity index (χ1v) is 10.2. The summed E-state index contributed by atoms with van der Waals surface area (Å²) in [7, 11) is 0. The predicted molar refractivity (Wildman–Crippen MR) is 122 cm³/mol. The monoisotopic (exact) mass is 512 g/mol. The number of hydrogen-bond acceptors (Lipinski definition) is 4. The van der Waals surface area contributed by atoms with Crippen LogP contribution in [0.5, 0.6) is 5.75 Å². The standard InChI is InChI=1S/C22H14Br2N2O3/c23-13-5-9-15(10-6-13)25-21(26-16-11-7-14(24)8-12-16)19-20(27)17-3-1-2-4-18(17)29-22(19)28/h1-12,27H,(H,25,26). The summed E-state index contributed by atoms with van der Waals surface area (Å²) < 4.78 is 7.25. The molecule has 5 nitrogen and oxygen atoms in total. The lowest BCUT2D eigenvalue weighted by atomic mass is 10.1. The molecule has 7 heteroatoms. The largest absolute Gasteiger partial charge is 0.506 e. The Bertz CT molecular complexity index is 1260. The lowest BCUT2D eigenvalue weighted by Crippen LogP contribution is -2.22. The zero-order valence-electron chi connectivity index (χ0n) is 14.9. The van der Waals surface area contributed by atoms with E-state index in [9.17, 15) is 9.90 Å². The summed E-state index contributed by atoms with van der Waals surface area (Å²) >= 11 is 6.79. The molecule has 0 saturated heterocycles. The number of aliphatic imine (C=N–C) groups is 1. The van der Waals surface area contributed by atoms with Crippen LogP contribution in [0.15, 0.2) is 95.9 Å². The fourth-order valence-corrected chi connectivity index (χ4v) is 3.33. The van der Waals surface area contributed by atoms with E-state index in [0.717, 1.165) is 8.95 Å². The second-order valence-electron chi connectivity index (χ2n) is 6.18. The molecule has 3 aromatic carbocycles. The van der Waals surface area contributed by atoms with E-state index in [0.29, 0.717) is 22.3 Å². The second kappa shape index (κ2) is 8.23. The first-order valence-electron chi connectivity index (χ1n) is 8.63. The molecule has 0 fully saturated rings. The third-order valence-corrected chi connectivity index (χ3v) is 5.25. The van der Waals surface area contributed by atoms with Gasteiger partial charge in [0.05, 0.1) is 11.1 Å². The Morgan fingerprint density at radius 2 is 1.52 bits per heavy atom. The highest BCUT2D eigenvalue weighted by atomic mass is 79.9. The van der Waals surface area contributed by atoms with Crippen LogP contribution in [0.4, 0.5) is 11.4 Å². The van der Waals surface area contributed by atoms with E-state index in [1.807, 2.05) is 36.4 Å². The van der Waals surface area contributed by atoms with Crippen molar-refractivity contribution in [3.05, 3.63) is 97.7 Å². The van der Waals surface area contributed by atoms with Gasteiger partial charge >= 0.3 is 5.63 Å². The minimum atomic E-state index is -0.679. The summed E-state index contributed by atoms with van der Waals surface area (Å²) in [6.45, 7) is 0. The highest BCUT2D eigenvalue weighted by Crippen LogP contribution is 2.28. The van der Waals surface area contributed by atoms with Gasteiger partial charge in [-0.3, -0.25) is 0 Å². The molecule has 0 unspecified atom stereocenters. The van der Waals surface area contributed by atoms with Crippen molar-refractivity contribution in [1.29, 1.82) is 0 Å². The van der Waals surface area contributed by atoms with Crippen LogP contribution >= 0.6 is 31.9 Å². The van der Waals surface area contributed by atoms with Crippen molar-refractivity contribution in [3.8, 4) is 5.75 Å². The van der Waals surface area contributed by atoms with Gasteiger partial charge in [0.25, 0.3) is 0 Å². The number of nitrogens with zero attached hydrogens (tertiary/aromatic N) is 1. The molecule has 1 aromatic heterocycles. The number of benzene rings is 3. The summed E-state index contributed by atoms with van der Waals surface area (Å²) in [5.74, 6) is 0.00368. The Kier molecular flexibility index (Phi) is 5.51. The van der Waals surface area contributed by atoms with Crippen LogP contribution in [-0.2, 0) is 0 Å². The van der Waals surface area contributed by atoms with Crippen molar-refractivity contribution in [1.82, 2.24) is 0 Å². The number of rotatable bonds is 3. The van der Waals surface area contributed by atoms with E-state index in [2.05, 4.69) is 42.2 Å². The van der Waals surface area contributed by atoms with Gasteiger partial charge < -0.3 is 14.8 Å². The molecule has 0 amide bonds. The molecule has 0 spiro atoms. The third kappa shape index (κ3) is 4.26. The molecule has 0 bridgehead atoms. The molecule has 0 radical (unpaired) electrons. The number of nitrogens with one attached hydrogen (secondary N) is 1. The average molecular weight is 514 g/mol. The molecule has 0 saturated carbocycles. The number of amidine groups is 1. The summed E-state index contributed by atoms with van der Waals surface area (Å²) in [6, 6.07) is 21.5. The van der Waals surface area contributed by atoms with E-state index in [4.69, 9.17) is 4.42 Å². The van der Waals surface area contributed by atoms with Gasteiger partial charge in [0.1, 0.15) is 22.7 Å². The van der Waals surface area contributed by atoms with Crippen LogP contribution in [-0.4, -0.2) is 10.9 Å². The van der Waals surface area contributed by atoms with Crippen molar-refractivity contribution in [2.24, 2.45) is 4.99 Å². The van der Waals surface area contributed by atoms with E-state index in [1.54, 1.807) is 36.4 Å². The number of para-hydroxylation sites is 1. The zero-order chi connectivity index (χ0) is 20.4. The van der Waals surface area contributed by atoms with Gasteiger partial charge in [-0.05, 0) is 60.7 Å². The summed E-state index contributed by atoms with van der Waals surface area (Å²) in [5.41, 5.74) is 0.914. The van der Waals surface area contributed by atoms with Crippen LogP contribution < -0.4 is 10.9 Å². The van der Waals surface area contributed by atoms with E-state index < -0.39 is 5.63 Å². The van der Waals surface area contributed by atoms with Crippen molar-refractivity contribution < 1.29 is 9.52 Å². The molecule has 29 heavy (non-hydrogen) atoms.